The van der Waals surface area contributed by atoms with Gasteiger partial charge in [-0.05, 0) is 27.9 Å². The van der Waals surface area contributed by atoms with Gasteiger partial charge in [0.1, 0.15) is 5.76 Å². The Morgan fingerprint density at radius 1 is 1.53 bits per heavy atom. The maximum atomic E-state index is 11.5. The molecule has 0 saturated carbocycles. The lowest BCUT2D eigenvalue weighted by Gasteiger charge is -2.08. The fourth-order valence-corrected chi connectivity index (χ4v) is 1.25. The summed E-state index contributed by atoms with van der Waals surface area (Å²) in [5.74, 6) is 0.234. The zero-order chi connectivity index (χ0) is 11.4. The monoisotopic (exact) mass is 212 g/mol. The zero-order valence-corrected chi connectivity index (χ0v) is 9.53. The summed E-state index contributed by atoms with van der Waals surface area (Å²) in [4.78, 5) is 13.4. The van der Waals surface area contributed by atoms with Crippen LogP contribution in [0.25, 0.3) is 0 Å². The van der Waals surface area contributed by atoms with Crippen LogP contribution in [0.4, 0.5) is 0 Å². The van der Waals surface area contributed by atoms with Gasteiger partial charge < -0.3 is 14.2 Å². The van der Waals surface area contributed by atoms with Crippen molar-refractivity contribution in [2.45, 2.75) is 20.4 Å². The van der Waals surface area contributed by atoms with Gasteiger partial charge in [0, 0.05) is 12.1 Å². The first-order valence-corrected chi connectivity index (χ1v) is 4.83. The van der Waals surface area contributed by atoms with Gasteiger partial charge in [-0.2, -0.15) is 0 Å². The van der Waals surface area contributed by atoms with Crippen LogP contribution in [0.1, 0.15) is 28.7 Å². The molecule has 0 bridgehead atoms. The summed E-state index contributed by atoms with van der Waals surface area (Å²) in [7, 11) is 3.84. The lowest BCUT2D eigenvalue weighted by atomic mass is 10.2. The Labute approximate surface area is 89.0 Å². The third-order valence-corrected chi connectivity index (χ3v) is 1.93. The Balaban J connectivity index is 2.92. The van der Waals surface area contributed by atoms with Crippen LogP contribution in [0.5, 0.6) is 0 Å². The summed E-state index contributed by atoms with van der Waals surface area (Å²) < 4.78 is 9.87. The number of aryl methyl sites for hydroxylation is 1. The first-order valence-electron chi connectivity index (χ1n) is 4.83. The van der Waals surface area contributed by atoms with E-state index in [1.165, 1.54) is 0 Å². The summed E-state index contributed by atoms with van der Waals surface area (Å²) in [5.41, 5.74) is 1.07. The second kappa shape index (κ2) is 4.93. The highest BCUT2D eigenvalue weighted by molar-refractivity contribution is 5.88. The van der Waals surface area contributed by atoms with E-state index in [4.69, 9.17) is 9.26 Å². The van der Waals surface area contributed by atoms with E-state index in [2.05, 4.69) is 5.16 Å². The summed E-state index contributed by atoms with van der Waals surface area (Å²) in [6.07, 6.45) is 0. The molecule has 0 radical (unpaired) electrons. The zero-order valence-electron chi connectivity index (χ0n) is 9.53. The SMILES string of the molecule is CCOC(=O)c1noc(C)c1CN(C)C. The van der Waals surface area contributed by atoms with E-state index in [-0.39, 0.29) is 5.69 Å². The standard InChI is InChI=1S/C10H16N2O3/c1-5-14-10(13)9-8(6-12(3)4)7(2)15-11-9/h5-6H2,1-4H3. The van der Waals surface area contributed by atoms with Gasteiger partial charge in [0.15, 0.2) is 5.69 Å². The fourth-order valence-electron chi connectivity index (χ4n) is 1.25. The highest BCUT2D eigenvalue weighted by Gasteiger charge is 2.20. The second-order valence-electron chi connectivity index (χ2n) is 3.52. The minimum atomic E-state index is -0.425. The number of rotatable bonds is 4. The first-order chi connectivity index (χ1) is 7.06. The lowest BCUT2D eigenvalue weighted by molar-refractivity contribution is 0.0513. The average molecular weight is 212 g/mol. The first kappa shape index (κ1) is 11.7. The summed E-state index contributed by atoms with van der Waals surface area (Å²) in [6, 6.07) is 0. The van der Waals surface area contributed by atoms with Crippen LogP contribution in [0.3, 0.4) is 0 Å². The van der Waals surface area contributed by atoms with Gasteiger partial charge in [-0.3, -0.25) is 0 Å². The summed E-state index contributed by atoms with van der Waals surface area (Å²) in [6.45, 7) is 4.50. The fraction of sp³-hybridized carbons (Fsp3) is 0.600. The van der Waals surface area contributed by atoms with Gasteiger partial charge in [0.05, 0.1) is 6.61 Å². The van der Waals surface area contributed by atoms with Gasteiger partial charge in [-0.25, -0.2) is 4.79 Å². The summed E-state index contributed by atoms with van der Waals surface area (Å²) in [5, 5.41) is 3.71. The quantitative estimate of drug-likeness (QED) is 0.702. The van der Waals surface area contributed by atoms with Gasteiger partial charge in [0.25, 0.3) is 0 Å². The Morgan fingerprint density at radius 2 is 2.20 bits per heavy atom. The Hall–Kier alpha value is -1.36. The number of ether oxygens (including phenoxy) is 1. The highest BCUT2D eigenvalue weighted by atomic mass is 16.5. The number of nitrogens with zero attached hydrogens (tertiary/aromatic N) is 2. The van der Waals surface area contributed by atoms with Crippen molar-refractivity contribution in [1.29, 1.82) is 0 Å². The summed E-state index contributed by atoms with van der Waals surface area (Å²) >= 11 is 0. The van der Waals surface area contributed by atoms with E-state index in [1.807, 2.05) is 19.0 Å². The molecule has 15 heavy (non-hydrogen) atoms. The minimum Gasteiger partial charge on any atom is -0.461 e. The predicted octanol–water partition coefficient (Wildman–Crippen LogP) is 1.22. The lowest BCUT2D eigenvalue weighted by Crippen LogP contribution is -2.15. The maximum absolute atomic E-state index is 11.5. The van der Waals surface area contributed by atoms with Gasteiger partial charge in [-0.1, -0.05) is 5.16 Å². The molecule has 0 aliphatic heterocycles. The van der Waals surface area contributed by atoms with E-state index in [1.54, 1.807) is 13.8 Å². The molecular formula is C10H16N2O3. The van der Waals surface area contributed by atoms with Crippen LogP contribution >= 0.6 is 0 Å². The van der Waals surface area contributed by atoms with Gasteiger partial charge in [0.2, 0.25) is 0 Å². The molecule has 0 spiro atoms. The van der Waals surface area contributed by atoms with E-state index < -0.39 is 5.97 Å². The molecule has 0 fully saturated rings. The van der Waals surface area contributed by atoms with Crippen LogP contribution in [-0.4, -0.2) is 36.7 Å². The van der Waals surface area contributed by atoms with Crippen molar-refractivity contribution in [3.05, 3.63) is 17.0 Å². The number of esters is 1. The number of carbonyl (C=O) groups is 1. The Bertz CT molecular complexity index is 344. The number of hydrogen-bond donors (Lipinski definition) is 0. The van der Waals surface area contributed by atoms with Crippen LogP contribution in [0.2, 0.25) is 0 Å². The molecule has 5 nitrogen and oxygen atoms in total. The largest absolute Gasteiger partial charge is 0.461 e. The van der Waals surface area contributed by atoms with E-state index in [0.29, 0.717) is 18.9 Å². The minimum absolute atomic E-state index is 0.281. The van der Waals surface area contributed by atoms with Crippen molar-refractivity contribution in [1.82, 2.24) is 10.1 Å². The molecule has 1 heterocycles. The van der Waals surface area contributed by atoms with Gasteiger partial charge >= 0.3 is 5.97 Å². The topological polar surface area (TPSA) is 55.6 Å². The predicted molar refractivity (Wildman–Crippen MR) is 54.6 cm³/mol. The van der Waals surface area contributed by atoms with Crippen molar-refractivity contribution < 1.29 is 14.1 Å². The van der Waals surface area contributed by atoms with E-state index in [0.717, 1.165) is 5.56 Å². The molecule has 0 N–H and O–H groups in total. The molecular weight excluding hydrogens is 196 g/mol. The molecule has 0 aliphatic carbocycles. The molecule has 0 unspecified atom stereocenters. The van der Waals surface area contributed by atoms with Crippen molar-refractivity contribution >= 4 is 5.97 Å². The third kappa shape index (κ3) is 2.79. The smallest absolute Gasteiger partial charge is 0.360 e. The molecule has 1 rings (SSSR count). The van der Waals surface area contributed by atoms with Crippen molar-refractivity contribution in [2.24, 2.45) is 0 Å². The molecule has 0 aliphatic rings. The van der Waals surface area contributed by atoms with Crippen LogP contribution in [0, 0.1) is 6.92 Å². The molecule has 1 aromatic rings. The molecule has 1 aromatic heterocycles. The van der Waals surface area contributed by atoms with E-state index in [9.17, 15) is 4.79 Å². The number of hydrogen-bond acceptors (Lipinski definition) is 5. The molecule has 84 valence electrons. The molecule has 0 amide bonds. The van der Waals surface area contributed by atoms with Crippen LogP contribution in [0.15, 0.2) is 4.52 Å². The molecule has 0 atom stereocenters. The molecule has 0 aromatic carbocycles. The number of aromatic nitrogens is 1. The van der Waals surface area contributed by atoms with Crippen molar-refractivity contribution in [2.75, 3.05) is 20.7 Å². The third-order valence-electron chi connectivity index (χ3n) is 1.93. The second-order valence-corrected chi connectivity index (χ2v) is 3.52. The maximum Gasteiger partial charge on any atom is 0.360 e. The van der Waals surface area contributed by atoms with Crippen molar-refractivity contribution in [3.63, 3.8) is 0 Å². The molecule has 0 saturated heterocycles. The Kier molecular flexibility index (Phi) is 3.85. The average Bonchev–Trinajstić information content (AvgIpc) is 2.48. The van der Waals surface area contributed by atoms with Crippen LogP contribution in [-0.2, 0) is 11.3 Å². The number of carbonyl (C=O) groups excluding carboxylic acids is 1. The van der Waals surface area contributed by atoms with Crippen LogP contribution < -0.4 is 0 Å². The Morgan fingerprint density at radius 3 is 2.73 bits per heavy atom. The van der Waals surface area contributed by atoms with E-state index >= 15 is 0 Å². The molecule has 5 heteroatoms. The van der Waals surface area contributed by atoms with Gasteiger partial charge in [-0.15, -0.1) is 0 Å². The normalized spacial score (nSPS) is 10.7. The highest BCUT2D eigenvalue weighted by Crippen LogP contribution is 2.15. The van der Waals surface area contributed by atoms with Crippen molar-refractivity contribution in [3.8, 4) is 0 Å².